The number of carboxylic acid groups (broad SMARTS) is 1. The van der Waals surface area contributed by atoms with Crippen molar-refractivity contribution in [1.82, 2.24) is 25.3 Å². The van der Waals surface area contributed by atoms with Crippen LogP contribution in [-0.2, 0) is 30.3 Å². The number of hydrogen-bond acceptors (Lipinski definition) is 8. The van der Waals surface area contributed by atoms with Crippen molar-refractivity contribution in [3.63, 3.8) is 0 Å². The van der Waals surface area contributed by atoms with Gasteiger partial charge in [0.15, 0.2) is 6.04 Å². The van der Waals surface area contributed by atoms with Gasteiger partial charge < -0.3 is 25.4 Å². The quantitative estimate of drug-likeness (QED) is 0.257. The number of carbonyl (C=O) groups excluding carboxylic acids is 4. The van der Waals surface area contributed by atoms with Crippen molar-refractivity contribution in [2.75, 3.05) is 20.6 Å². The number of amides is 4. The third-order valence-electron chi connectivity index (χ3n) is 8.12. The highest BCUT2D eigenvalue weighted by molar-refractivity contribution is 5.96. The number of nitrogens with zero attached hydrogens (tertiary/aromatic N) is 5. The number of rotatable bonds is 10. The number of carboxylic acids is 1. The fraction of sp³-hybridized carbons (Fsp3) is 0.559. The van der Waals surface area contributed by atoms with Gasteiger partial charge in [-0.05, 0) is 55.9 Å². The molecule has 0 bridgehead atoms. The van der Waals surface area contributed by atoms with E-state index < -0.39 is 71.0 Å². The molecule has 1 fully saturated rings. The predicted molar refractivity (Wildman–Crippen MR) is 179 cm³/mol. The van der Waals surface area contributed by atoms with Crippen LogP contribution in [-0.4, -0.2) is 101 Å². The molecule has 2 aromatic carbocycles. The summed E-state index contributed by atoms with van der Waals surface area (Å²) in [5.41, 5.74) is -0.885. The van der Waals surface area contributed by atoms with Gasteiger partial charge in [-0.2, -0.15) is 0 Å². The summed E-state index contributed by atoms with van der Waals surface area (Å²) in [4.78, 5) is 72.7. The average molecular weight is 667 g/mol. The molecule has 0 aliphatic carbocycles. The number of likely N-dealkylation sites (tertiary alicyclic amines) is 1. The number of carbonyl (C=O) groups is 5. The van der Waals surface area contributed by atoms with Crippen molar-refractivity contribution in [3.8, 4) is 0 Å². The van der Waals surface area contributed by atoms with Gasteiger partial charge >= 0.3 is 12.1 Å². The number of fused-ring (bicyclic) bond motifs is 1. The second kappa shape index (κ2) is 15.4. The van der Waals surface area contributed by atoms with Crippen LogP contribution in [0.4, 0.5) is 4.79 Å². The molecule has 5 unspecified atom stereocenters. The Balaban J connectivity index is 1.87. The summed E-state index contributed by atoms with van der Waals surface area (Å²) in [5.74, 6) is -3.11. The second-order valence-corrected chi connectivity index (χ2v) is 14.1. The third-order valence-corrected chi connectivity index (χ3v) is 8.12. The van der Waals surface area contributed by atoms with Gasteiger partial charge in [-0.3, -0.25) is 19.3 Å². The molecule has 1 heterocycles. The van der Waals surface area contributed by atoms with Gasteiger partial charge in [0.05, 0.1) is 0 Å². The van der Waals surface area contributed by atoms with Crippen LogP contribution in [0, 0.1) is 5.41 Å². The minimum absolute atomic E-state index is 0.00673. The maximum atomic E-state index is 14.2. The van der Waals surface area contributed by atoms with Crippen molar-refractivity contribution < 1.29 is 33.8 Å². The van der Waals surface area contributed by atoms with Gasteiger partial charge in [0, 0.05) is 20.0 Å². The zero-order valence-corrected chi connectivity index (χ0v) is 29.2. The first-order chi connectivity index (χ1) is 22.3. The number of aliphatic carboxylic acids is 1. The van der Waals surface area contributed by atoms with Crippen LogP contribution in [0.15, 0.2) is 52.7 Å². The second-order valence-electron chi connectivity index (χ2n) is 14.1. The lowest BCUT2D eigenvalue weighted by Gasteiger charge is -2.37. The minimum Gasteiger partial charge on any atom is -0.480 e. The maximum Gasteiger partial charge on any atom is 0.410 e. The average Bonchev–Trinajstić information content (AvgIpc) is 3.43. The molecular weight excluding hydrogens is 618 g/mol. The first-order valence-corrected chi connectivity index (χ1v) is 15.9. The van der Waals surface area contributed by atoms with Crippen molar-refractivity contribution >= 4 is 40.6 Å². The Bertz CT molecular complexity index is 1590. The lowest BCUT2D eigenvalue weighted by atomic mass is 9.85. The molecule has 14 nitrogen and oxygen atoms in total. The maximum absolute atomic E-state index is 14.2. The molecule has 260 valence electrons. The molecule has 48 heavy (non-hydrogen) atoms. The first kappa shape index (κ1) is 37.6. The molecule has 2 aromatic rings. The number of ether oxygens (including phenoxy) is 1. The van der Waals surface area contributed by atoms with E-state index in [0.29, 0.717) is 5.56 Å². The predicted octanol–water partition coefficient (Wildman–Crippen LogP) is 3.31. The summed E-state index contributed by atoms with van der Waals surface area (Å²) in [6.07, 6.45) is -0.438. The van der Waals surface area contributed by atoms with Crippen LogP contribution in [0.1, 0.15) is 60.5 Å². The zero-order valence-electron chi connectivity index (χ0n) is 29.2. The van der Waals surface area contributed by atoms with Gasteiger partial charge in [0.2, 0.25) is 22.6 Å². The van der Waals surface area contributed by atoms with E-state index in [1.165, 1.54) is 25.9 Å². The van der Waals surface area contributed by atoms with E-state index in [9.17, 15) is 29.1 Å². The summed E-state index contributed by atoms with van der Waals surface area (Å²) < 4.78 is 5.38. The lowest BCUT2D eigenvalue weighted by Crippen LogP contribution is -2.61. The Labute approximate surface area is 281 Å². The Morgan fingerprint density at radius 3 is 2.27 bits per heavy atom. The van der Waals surface area contributed by atoms with Crippen molar-refractivity contribution in [1.29, 1.82) is 0 Å². The van der Waals surface area contributed by atoms with E-state index in [0.717, 1.165) is 15.7 Å². The van der Waals surface area contributed by atoms with Gasteiger partial charge in [-0.25, -0.2) is 9.59 Å². The highest BCUT2D eigenvalue weighted by atomic mass is 16.6. The van der Waals surface area contributed by atoms with E-state index in [1.807, 2.05) is 42.5 Å². The number of benzene rings is 2. The lowest BCUT2D eigenvalue weighted by molar-refractivity contribution is -0.146. The molecule has 14 heteroatoms. The van der Waals surface area contributed by atoms with Gasteiger partial charge in [0.1, 0.15) is 47.0 Å². The SMILES string of the molecule is CN=[N+]=NC1CCN(C(=O)C(NC(=O)C(C)N(C)C(=O)OC(C)(C)C)C(C)(C)C)C1C(=O)NC(Cc1ccc2ccccc2c1)C(=O)O. The minimum atomic E-state index is -1.30. The molecule has 0 aromatic heterocycles. The topological polar surface area (TPSA) is 184 Å². The number of likely N-dealkylation sites (N-methyl/N-ethyl adjacent to an activating group) is 1. The highest BCUT2D eigenvalue weighted by Crippen LogP contribution is 2.28. The van der Waals surface area contributed by atoms with Crippen LogP contribution in [0.3, 0.4) is 0 Å². The molecule has 3 rings (SSSR count). The zero-order chi connectivity index (χ0) is 36.0. The highest BCUT2D eigenvalue weighted by Gasteiger charge is 2.49. The van der Waals surface area contributed by atoms with Gasteiger partial charge in [0.25, 0.3) is 0 Å². The van der Waals surface area contributed by atoms with E-state index >= 15 is 0 Å². The van der Waals surface area contributed by atoms with E-state index in [1.54, 1.807) is 41.5 Å². The monoisotopic (exact) mass is 666 g/mol. The number of hydrogen-bond donors (Lipinski definition) is 3. The summed E-state index contributed by atoms with van der Waals surface area (Å²) in [5, 5.41) is 25.2. The van der Waals surface area contributed by atoms with Crippen LogP contribution < -0.4 is 15.5 Å². The molecule has 0 spiro atoms. The van der Waals surface area contributed by atoms with E-state index in [2.05, 4.69) is 25.8 Å². The molecule has 0 saturated carbocycles. The van der Waals surface area contributed by atoms with Crippen molar-refractivity contribution in [2.45, 2.75) is 97.1 Å². The molecule has 1 aliphatic heterocycles. The van der Waals surface area contributed by atoms with Crippen LogP contribution in [0.2, 0.25) is 0 Å². The summed E-state index contributed by atoms with van der Waals surface area (Å²) >= 11 is 0. The first-order valence-electron chi connectivity index (χ1n) is 15.9. The Morgan fingerprint density at radius 2 is 1.69 bits per heavy atom. The summed E-state index contributed by atoms with van der Waals surface area (Å²) in [6, 6.07) is 7.82. The Kier molecular flexibility index (Phi) is 12.0. The van der Waals surface area contributed by atoms with Crippen LogP contribution >= 0.6 is 0 Å². The standard InChI is InChI=1S/C34H47N7O7/c1-20(40(9)32(47)48-34(5,6)7)28(42)37-27(33(2,3)4)30(44)41-17-16-24(38-39-35-8)26(41)29(43)36-25(31(45)46)19-21-14-15-22-12-10-11-13-23(22)18-21/h10-15,18,20,24-27H,16-17,19H2,1-9H3,(H2-,36,37,42,43,45,46)/p+1. The fourth-order valence-electron chi connectivity index (χ4n) is 5.38. The summed E-state index contributed by atoms with van der Waals surface area (Å²) in [6.45, 7) is 12.0. The normalized spacial score (nSPS) is 18.1. The molecular formula is C34H48N7O7+. The molecule has 5 atom stereocenters. The Morgan fingerprint density at radius 1 is 1.04 bits per heavy atom. The molecule has 4 amide bonds. The largest absolute Gasteiger partial charge is 0.480 e. The molecule has 1 aliphatic rings. The molecule has 1 saturated heterocycles. The van der Waals surface area contributed by atoms with Crippen molar-refractivity contribution in [3.05, 3.63) is 48.0 Å². The van der Waals surface area contributed by atoms with E-state index in [4.69, 9.17) is 4.74 Å². The molecule has 3 N–H and O–H groups in total. The van der Waals surface area contributed by atoms with Gasteiger partial charge in [-0.1, -0.05) is 63.2 Å². The fourth-order valence-corrected chi connectivity index (χ4v) is 5.38. The third kappa shape index (κ3) is 9.60. The smallest absolute Gasteiger partial charge is 0.410 e. The summed E-state index contributed by atoms with van der Waals surface area (Å²) in [7, 11) is 2.85. The van der Waals surface area contributed by atoms with Gasteiger partial charge in [-0.15, -0.1) is 0 Å². The van der Waals surface area contributed by atoms with Crippen molar-refractivity contribution in [2.24, 2.45) is 15.6 Å². The van der Waals surface area contributed by atoms with Crippen LogP contribution in [0.25, 0.3) is 10.8 Å². The number of nitrogens with one attached hydrogen (secondary N) is 2. The van der Waals surface area contributed by atoms with Crippen LogP contribution in [0.5, 0.6) is 0 Å². The molecule has 0 radical (unpaired) electrons. The van der Waals surface area contributed by atoms with E-state index in [-0.39, 0.29) is 19.4 Å². The Hall–Kier alpha value is -4.84.